The van der Waals surface area contributed by atoms with E-state index in [9.17, 15) is 9.18 Å². The standard InChI is InChI=1S/C19H20FN3O3/c1-3-13(2)23(19(24)16-5-4-12-25-16)11-10-17-21-18(22-26-17)14-6-8-15(20)9-7-14/h4-9,12-13H,3,10-11H2,1-2H3/t13-/m0/s1. The lowest BCUT2D eigenvalue weighted by Crippen LogP contribution is -2.39. The summed E-state index contributed by atoms with van der Waals surface area (Å²) in [6.07, 6.45) is 2.72. The maximum absolute atomic E-state index is 13.0. The Morgan fingerprint density at radius 3 is 2.69 bits per heavy atom. The fourth-order valence-corrected chi connectivity index (χ4v) is 2.57. The molecule has 0 spiro atoms. The van der Waals surface area contributed by atoms with Crippen LogP contribution in [0.15, 0.2) is 51.6 Å². The van der Waals surface area contributed by atoms with Gasteiger partial charge in [0.2, 0.25) is 11.7 Å². The van der Waals surface area contributed by atoms with Crippen molar-refractivity contribution >= 4 is 5.91 Å². The lowest BCUT2D eigenvalue weighted by molar-refractivity contribution is 0.0654. The second-order valence-corrected chi connectivity index (χ2v) is 6.00. The monoisotopic (exact) mass is 357 g/mol. The number of rotatable bonds is 7. The summed E-state index contributed by atoms with van der Waals surface area (Å²) in [5.74, 6) is 0.640. The third kappa shape index (κ3) is 3.99. The molecule has 2 heterocycles. The number of carbonyl (C=O) groups is 1. The molecular weight excluding hydrogens is 337 g/mol. The highest BCUT2D eigenvalue weighted by molar-refractivity contribution is 5.91. The molecule has 1 amide bonds. The van der Waals surface area contributed by atoms with Crippen molar-refractivity contribution in [3.63, 3.8) is 0 Å². The number of carbonyl (C=O) groups excluding carboxylic acids is 1. The van der Waals surface area contributed by atoms with Gasteiger partial charge in [-0.05, 0) is 49.7 Å². The smallest absolute Gasteiger partial charge is 0.289 e. The van der Waals surface area contributed by atoms with Crippen molar-refractivity contribution in [1.82, 2.24) is 15.0 Å². The zero-order valence-electron chi connectivity index (χ0n) is 14.7. The summed E-state index contributed by atoms with van der Waals surface area (Å²) < 4.78 is 23.5. The molecule has 0 aliphatic carbocycles. The molecule has 7 heteroatoms. The molecule has 0 saturated heterocycles. The van der Waals surface area contributed by atoms with Crippen LogP contribution in [0.25, 0.3) is 11.4 Å². The van der Waals surface area contributed by atoms with E-state index in [4.69, 9.17) is 8.94 Å². The van der Waals surface area contributed by atoms with E-state index in [1.54, 1.807) is 29.2 Å². The van der Waals surface area contributed by atoms with Gasteiger partial charge in [-0.15, -0.1) is 0 Å². The molecule has 3 aromatic rings. The average molecular weight is 357 g/mol. The first-order valence-electron chi connectivity index (χ1n) is 8.51. The number of halogens is 1. The highest BCUT2D eigenvalue weighted by Gasteiger charge is 2.23. The summed E-state index contributed by atoms with van der Waals surface area (Å²) in [4.78, 5) is 18.7. The SMILES string of the molecule is CC[C@H](C)N(CCc1nc(-c2ccc(F)cc2)no1)C(=O)c1ccco1. The summed E-state index contributed by atoms with van der Waals surface area (Å²) in [5.41, 5.74) is 0.673. The van der Waals surface area contributed by atoms with Gasteiger partial charge < -0.3 is 13.8 Å². The fourth-order valence-electron chi connectivity index (χ4n) is 2.57. The van der Waals surface area contributed by atoms with Gasteiger partial charge in [0.15, 0.2) is 5.76 Å². The first-order chi connectivity index (χ1) is 12.6. The third-order valence-electron chi connectivity index (χ3n) is 4.25. The summed E-state index contributed by atoms with van der Waals surface area (Å²) in [6, 6.07) is 9.26. The molecule has 1 aromatic carbocycles. The predicted molar refractivity (Wildman–Crippen MR) is 92.9 cm³/mol. The van der Waals surface area contributed by atoms with Crippen LogP contribution < -0.4 is 0 Å². The third-order valence-corrected chi connectivity index (χ3v) is 4.25. The van der Waals surface area contributed by atoms with Crippen LogP contribution in [-0.2, 0) is 6.42 Å². The number of benzene rings is 1. The van der Waals surface area contributed by atoms with E-state index in [0.717, 1.165) is 6.42 Å². The average Bonchev–Trinajstić information content (AvgIpc) is 3.34. The maximum Gasteiger partial charge on any atom is 0.289 e. The predicted octanol–water partition coefficient (Wildman–Crippen LogP) is 3.95. The molecule has 0 saturated carbocycles. The van der Waals surface area contributed by atoms with Crippen LogP contribution in [0.5, 0.6) is 0 Å². The molecule has 0 bridgehead atoms. The van der Waals surface area contributed by atoms with Crippen molar-refractivity contribution in [3.8, 4) is 11.4 Å². The number of nitrogens with zero attached hydrogens (tertiary/aromatic N) is 3. The molecule has 0 unspecified atom stereocenters. The number of amides is 1. The van der Waals surface area contributed by atoms with Crippen LogP contribution in [0, 0.1) is 5.82 Å². The Bertz CT molecular complexity index is 843. The minimum Gasteiger partial charge on any atom is -0.459 e. The van der Waals surface area contributed by atoms with Crippen LogP contribution in [0.4, 0.5) is 4.39 Å². The molecule has 6 nitrogen and oxygen atoms in total. The molecule has 2 aromatic heterocycles. The normalized spacial score (nSPS) is 12.1. The van der Waals surface area contributed by atoms with Crippen LogP contribution in [0.1, 0.15) is 36.7 Å². The molecule has 136 valence electrons. The van der Waals surface area contributed by atoms with Gasteiger partial charge in [-0.1, -0.05) is 12.1 Å². The summed E-state index contributed by atoms with van der Waals surface area (Å²) in [7, 11) is 0. The van der Waals surface area contributed by atoms with Crippen LogP contribution in [0.3, 0.4) is 0 Å². The van der Waals surface area contributed by atoms with E-state index < -0.39 is 0 Å². The molecule has 0 N–H and O–H groups in total. The van der Waals surface area contributed by atoms with Gasteiger partial charge in [0, 0.05) is 24.6 Å². The molecule has 1 atom stereocenters. The first-order valence-corrected chi connectivity index (χ1v) is 8.51. The van der Waals surface area contributed by atoms with Crippen molar-refractivity contribution in [3.05, 3.63) is 60.1 Å². The Morgan fingerprint density at radius 2 is 2.04 bits per heavy atom. The molecular formula is C19H20FN3O3. The van der Waals surface area contributed by atoms with Crippen molar-refractivity contribution in [2.75, 3.05) is 6.54 Å². The van der Waals surface area contributed by atoms with Crippen LogP contribution >= 0.6 is 0 Å². The summed E-state index contributed by atoms with van der Waals surface area (Å²) in [6.45, 7) is 4.44. The fraction of sp³-hybridized carbons (Fsp3) is 0.316. The van der Waals surface area contributed by atoms with Gasteiger partial charge in [0.05, 0.1) is 6.26 Å². The molecule has 0 radical (unpaired) electrons. The summed E-state index contributed by atoms with van der Waals surface area (Å²) in [5, 5.41) is 3.92. The zero-order chi connectivity index (χ0) is 18.5. The van der Waals surface area contributed by atoms with Crippen LogP contribution in [-0.4, -0.2) is 33.5 Å². The van der Waals surface area contributed by atoms with E-state index in [-0.39, 0.29) is 17.8 Å². The molecule has 3 rings (SSSR count). The zero-order valence-corrected chi connectivity index (χ0v) is 14.7. The lowest BCUT2D eigenvalue weighted by Gasteiger charge is -2.27. The second kappa shape index (κ2) is 7.95. The maximum atomic E-state index is 13.0. The second-order valence-electron chi connectivity index (χ2n) is 6.00. The number of furan rings is 1. The minimum atomic E-state index is -0.321. The van der Waals surface area contributed by atoms with E-state index >= 15 is 0 Å². The lowest BCUT2D eigenvalue weighted by atomic mass is 10.2. The largest absolute Gasteiger partial charge is 0.459 e. The number of aromatic nitrogens is 2. The van der Waals surface area contributed by atoms with Crippen molar-refractivity contribution < 1.29 is 18.1 Å². The van der Waals surface area contributed by atoms with E-state index in [0.29, 0.717) is 36.0 Å². The van der Waals surface area contributed by atoms with Gasteiger partial charge >= 0.3 is 0 Å². The van der Waals surface area contributed by atoms with Crippen molar-refractivity contribution in [1.29, 1.82) is 0 Å². The van der Waals surface area contributed by atoms with Crippen LogP contribution in [0.2, 0.25) is 0 Å². The summed E-state index contributed by atoms with van der Waals surface area (Å²) >= 11 is 0. The molecule has 0 aliphatic heterocycles. The van der Waals surface area contributed by atoms with E-state index in [1.165, 1.54) is 18.4 Å². The Morgan fingerprint density at radius 1 is 1.27 bits per heavy atom. The van der Waals surface area contributed by atoms with Gasteiger partial charge in [-0.25, -0.2) is 4.39 Å². The van der Waals surface area contributed by atoms with E-state index in [1.807, 2.05) is 13.8 Å². The topological polar surface area (TPSA) is 72.4 Å². The van der Waals surface area contributed by atoms with Gasteiger partial charge in [0.1, 0.15) is 5.82 Å². The Labute approximate surface area is 150 Å². The van der Waals surface area contributed by atoms with Gasteiger partial charge in [-0.3, -0.25) is 4.79 Å². The number of hydrogen-bond acceptors (Lipinski definition) is 5. The molecule has 0 fully saturated rings. The highest BCUT2D eigenvalue weighted by Crippen LogP contribution is 2.17. The molecule has 26 heavy (non-hydrogen) atoms. The Hall–Kier alpha value is -2.96. The first kappa shape index (κ1) is 17.8. The van der Waals surface area contributed by atoms with Crippen molar-refractivity contribution in [2.45, 2.75) is 32.7 Å². The quantitative estimate of drug-likeness (QED) is 0.640. The molecule has 0 aliphatic rings. The highest BCUT2D eigenvalue weighted by atomic mass is 19.1. The van der Waals surface area contributed by atoms with Gasteiger partial charge in [0.25, 0.3) is 5.91 Å². The Balaban J connectivity index is 1.69. The Kier molecular flexibility index (Phi) is 5.46. The van der Waals surface area contributed by atoms with Gasteiger partial charge in [-0.2, -0.15) is 4.98 Å². The minimum absolute atomic E-state index is 0.0482. The number of hydrogen-bond donors (Lipinski definition) is 0. The van der Waals surface area contributed by atoms with E-state index in [2.05, 4.69) is 10.1 Å². The van der Waals surface area contributed by atoms with Crippen molar-refractivity contribution in [2.24, 2.45) is 0 Å².